The Labute approximate surface area is 127 Å². The Morgan fingerprint density at radius 1 is 1.48 bits per heavy atom. The minimum absolute atomic E-state index is 0.211. The Morgan fingerprint density at radius 3 is 2.81 bits per heavy atom. The summed E-state index contributed by atoms with van der Waals surface area (Å²) in [5.74, 6) is 5.91. The van der Waals surface area contributed by atoms with E-state index in [4.69, 9.17) is 15.7 Å². The Bertz CT molecular complexity index is 720. The molecule has 0 aliphatic heterocycles. The number of hydrogen-bond donors (Lipinski definition) is 3. The summed E-state index contributed by atoms with van der Waals surface area (Å²) < 4.78 is 20.3. The summed E-state index contributed by atoms with van der Waals surface area (Å²) >= 11 is -0.796. The van der Waals surface area contributed by atoms with Gasteiger partial charge in [0.2, 0.25) is 0 Å². The second-order valence-electron chi connectivity index (χ2n) is 3.81. The molecule has 0 aliphatic carbocycles. The third kappa shape index (κ3) is 3.20. The van der Waals surface area contributed by atoms with Crippen LogP contribution < -0.4 is 11.3 Å². The fourth-order valence-electron chi connectivity index (χ4n) is 1.67. The van der Waals surface area contributed by atoms with Crippen molar-refractivity contribution in [3.05, 3.63) is 29.8 Å². The first kappa shape index (κ1) is 15.4. The lowest BCUT2D eigenvalue weighted by molar-refractivity contribution is 0.564. The van der Waals surface area contributed by atoms with Crippen molar-refractivity contribution in [2.24, 2.45) is 5.84 Å². The normalized spacial score (nSPS) is 11.7. The fraction of sp³-hybridized carbons (Fsp3) is 0.0833. The smallest absolute Gasteiger partial charge is 0.186 e. The van der Waals surface area contributed by atoms with Crippen LogP contribution in [0.25, 0.3) is 11.4 Å². The van der Waals surface area contributed by atoms with E-state index in [2.05, 4.69) is 15.4 Å². The summed E-state index contributed by atoms with van der Waals surface area (Å²) in [6, 6.07) is 8.39. The lowest BCUT2D eigenvalue weighted by atomic mass is 10.2. The number of hydrazine groups is 1. The molecule has 0 fully saturated rings. The predicted molar refractivity (Wildman–Crippen MR) is 80.8 cm³/mol. The summed E-state index contributed by atoms with van der Waals surface area (Å²) in [7, 11) is 0. The van der Waals surface area contributed by atoms with Gasteiger partial charge in [-0.3, -0.25) is 0 Å². The number of nitrogen functional groups attached to an aromatic ring is 1. The van der Waals surface area contributed by atoms with Gasteiger partial charge < -0.3 is 9.98 Å². The van der Waals surface area contributed by atoms with Gasteiger partial charge in [-0.05, 0) is 18.4 Å². The third-order valence-electron chi connectivity index (χ3n) is 2.61. The molecule has 0 bridgehead atoms. The number of nitrogens with one attached hydrogen (secondary N) is 1. The maximum absolute atomic E-state index is 11.1. The average molecular weight is 321 g/mol. The quantitative estimate of drug-likeness (QED) is 0.255. The fourth-order valence-corrected chi connectivity index (χ4v) is 2.61. The van der Waals surface area contributed by atoms with Crippen molar-refractivity contribution >= 4 is 28.7 Å². The molecule has 108 valence electrons. The van der Waals surface area contributed by atoms with Crippen molar-refractivity contribution in [1.29, 1.82) is 5.26 Å². The van der Waals surface area contributed by atoms with Crippen LogP contribution in [0, 0.1) is 11.3 Å². The number of thioether (sulfide) groups is 1. The minimum Gasteiger partial charge on any atom is -0.307 e. The Balaban J connectivity index is 2.62. The molecule has 9 heteroatoms. The Hall–Kier alpha value is -1.99. The number of anilines is 1. The average Bonchev–Trinajstić information content (AvgIpc) is 2.53. The molecule has 0 saturated carbocycles. The molecular weight excluding hydrogens is 310 g/mol. The van der Waals surface area contributed by atoms with Crippen LogP contribution in [-0.4, -0.2) is 25.0 Å². The summed E-state index contributed by atoms with van der Waals surface area (Å²) in [6.45, 7) is 0. The standard InChI is InChI=1S/C12H11N5O2S2/c1-20-12-9(6-13)11(17-14)15-10(16-12)7-3-2-4-8(5-7)21(18)19/h2-5H,14H2,1H3,(H,18,19)(H,15,16,17). The van der Waals surface area contributed by atoms with Crippen molar-refractivity contribution in [2.45, 2.75) is 9.92 Å². The first-order valence-corrected chi connectivity index (χ1v) is 7.98. The first-order chi connectivity index (χ1) is 10.1. The van der Waals surface area contributed by atoms with Crippen LogP contribution in [0.5, 0.6) is 0 Å². The van der Waals surface area contributed by atoms with Crippen LogP contribution in [0.2, 0.25) is 0 Å². The Morgan fingerprint density at radius 2 is 2.24 bits per heavy atom. The number of nitrogens with two attached hydrogens (primary N) is 1. The van der Waals surface area contributed by atoms with Crippen LogP contribution in [0.1, 0.15) is 5.56 Å². The molecule has 0 saturated heterocycles. The van der Waals surface area contributed by atoms with E-state index >= 15 is 0 Å². The molecule has 7 nitrogen and oxygen atoms in total. The van der Waals surface area contributed by atoms with Crippen LogP contribution in [0.15, 0.2) is 34.2 Å². The summed E-state index contributed by atoms with van der Waals surface area (Å²) in [6.07, 6.45) is 1.78. The number of nitriles is 1. The van der Waals surface area contributed by atoms with Crippen LogP contribution >= 0.6 is 11.8 Å². The number of nitrogens with zero attached hydrogens (tertiary/aromatic N) is 3. The van der Waals surface area contributed by atoms with E-state index in [1.165, 1.54) is 23.9 Å². The van der Waals surface area contributed by atoms with Gasteiger partial charge in [-0.25, -0.2) is 20.0 Å². The van der Waals surface area contributed by atoms with Gasteiger partial charge in [-0.1, -0.05) is 12.1 Å². The number of aromatic nitrogens is 2. The zero-order valence-corrected chi connectivity index (χ0v) is 12.5. The minimum atomic E-state index is -2.09. The van der Waals surface area contributed by atoms with Gasteiger partial charge in [0.15, 0.2) is 22.7 Å². The maximum Gasteiger partial charge on any atom is 0.186 e. The molecule has 1 heterocycles. The molecule has 0 amide bonds. The number of hydrogen-bond acceptors (Lipinski definition) is 7. The molecule has 4 N–H and O–H groups in total. The lowest BCUT2D eigenvalue weighted by Gasteiger charge is -2.09. The Kier molecular flexibility index (Phi) is 4.87. The molecule has 1 aromatic heterocycles. The molecule has 2 aromatic rings. The molecule has 1 aromatic carbocycles. The highest BCUT2D eigenvalue weighted by Gasteiger charge is 2.15. The van der Waals surface area contributed by atoms with Gasteiger partial charge in [0, 0.05) is 5.56 Å². The van der Waals surface area contributed by atoms with Crippen LogP contribution in [-0.2, 0) is 11.1 Å². The summed E-state index contributed by atoms with van der Waals surface area (Å²) in [5.41, 5.74) is 3.19. The van der Waals surface area contributed by atoms with Gasteiger partial charge in [-0.15, -0.1) is 11.8 Å². The highest BCUT2D eigenvalue weighted by molar-refractivity contribution is 7.98. The van der Waals surface area contributed by atoms with E-state index in [0.717, 1.165) is 0 Å². The molecule has 1 unspecified atom stereocenters. The van der Waals surface area contributed by atoms with E-state index < -0.39 is 11.1 Å². The highest BCUT2D eigenvalue weighted by atomic mass is 32.2. The molecule has 0 aliphatic rings. The van der Waals surface area contributed by atoms with E-state index in [1.54, 1.807) is 18.4 Å². The van der Waals surface area contributed by atoms with E-state index in [-0.39, 0.29) is 16.3 Å². The highest BCUT2D eigenvalue weighted by Crippen LogP contribution is 2.27. The lowest BCUT2D eigenvalue weighted by Crippen LogP contribution is -2.12. The molecule has 0 radical (unpaired) electrons. The molecular formula is C12H11N5O2S2. The summed E-state index contributed by atoms with van der Waals surface area (Å²) in [4.78, 5) is 8.72. The van der Waals surface area contributed by atoms with Gasteiger partial charge in [-0.2, -0.15) is 5.26 Å². The van der Waals surface area contributed by atoms with Crippen LogP contribution in [0.4, 0.5) is 5.82 Å². The van der Waals surface area contributed by atoms with Crippen molar-refractivity contribution in [2.75, 3.05) is 11.7 Å². The second kappa shape index (κ2) is 6.64. The van der Waals surface area contributed by atoms with E-state index in [0.29, 0.717) is 16.4 Å². The monoisotopic (exact) mass is 321 g/mol. The zero-order chi connectivity index (χ0) is 15.4. The largest absolute Gasteiger partial charge is 0.307 e. The second-order valence-corrected chi connectivity index (χ2v) is 5.58. The third-order valence-corrected chi connectivity index (χ3v) is 3.95. The first-order valence-electron chi connectivity index (χ1n) is 5.64. The van der Waals surface area contributed by atoms with Gasteiger partial charge >= 0.3 is 0 Å². The van der Waals surface area contributed by atoms with E-state index in [9.17, 15) is 4.21 Å². The molecule has 0 spiro atoms. The van der Waals surface area contributed by atoms with Gasteiger partial charge in [0.25, 0.3) is 0 Å². The van der Waals surface area contributed by atoms with Crippen molar-refractivity contribution in [3.63, 3.8) is 0 Å². The predicted octanol–water partition coefficient (Wildman–Crippen LogP) is 1.60. The van der Waals surface area contributed by atoms with Crippen molar-refractivity contribution < 1.29 is 8.76 Å². The molecule has 21 heavy (non-hydrogen) atoms. The maximum atomic E-state index is 11.1. The summed E-state index contributed by atoms with van der Waals surface area (Å²) in [5, 5.41) is 9.61. The molecule has 2 rings (SSSR count). The molecule has 1 atom stereocenters. The van der Waals surface area contributed by atoms with Crippen LogP contribution in [0.3, 0.4) is 0 Å². The topological polar surface area (TPSA) is 125 Å². The number of benzene rings is 1. The zero-order valence-electron chi connectivity index (χ0n) is 10.9. The van der Waals surface area contributed by atoms with Gasteiger partial charge in [0.05, 0.1) is 4.90 Å². The van der Waals surface area contributed by atoms with Crippen molar-refractivity contribution in [1.82, 2.24) is 9.97 Å². The SMILES string of the molecule is CSc1nc(-c2cccc(S(=O)O)c2)nc(NN)c1C#N. The van der Waals surface area contributed by atoms with Crippen molar-refractivity contribution in [3.8, 4) is 17.5 Å². The number of rotatable bonds is 4. The van der Waals surface area contributed by atoms with Gasteiger partial charge in [0.1, 0.15) is 16.7 Å². The van der Waals surface area contributed by atoms with E-state index in [1.807, 2.05) is 6.07 Å².